The summed E-state index contributed by atoms with van der Waals surface area (Å²) in [5, 5.41) is 9.47. The Morgan fingerprint density at radius 3 is 2.50 bits per heavy atom. The number of fused-ring (bicyclic) bond motifs is 1. The molecular formula is C13H21NO4. The van der Waals surface area contributed by atoms with Crippen LogP contribution in [0.25, 0.3) is 0 Å². The molecule has 1 heterocycles. The van der Waals surface area contributed by atoms with E-state index in [1.165, 1.54) is 4.90 Å². The van der Waals surface area contributed by atoms with Gasteiger partial charge in [-0.2, -0.15) is 0 Å². The molecule has 0 spiro atoms. The van der Waals surface area contributed by atoms with Gasteiger partial charge in [0.05, 0.1) is 0 Å². The Bertz CT molecular complexity index is 387. The summed E-state index contributed by atoms with van der Waals surface area (Å²) in [6.45, 7) is 7.19. The van der Waals surface area contributed by atoms with Crippen molar-refractivity contribution in [3.63, 3.8) is 0 Å². The normalized spacial score (nSPS) is 34.1. The SMILES string of the molecule is CC[C@]1(C(=O)O)C[C@H]2C[C@H]2N1C(=O)OC(C)(C)C. The average Bonchev–Trinajstić information content (AvgIpc) is 2.86. The van der Waals surface area contributed by atoms with Crippen LogP contribution in [0.4, 0.5) is 4.79 Å². The lowest BCUT2D eigenvalue weighted by molar-refractivity contribution is -0.150. The molecule has 0 aromatic heterocycles. The van der Waals surface area contributed by atoms with Crippen LogP contribution in [-0.4, -0.2) is 39.3 Å². The number of piperidine rings is 1. The maximum absolute atomic E-state index is 12.2. The topological polar surface area (TPSA) is 66.8 Å². The van der Waals surface area contributed by atoms with Crippen LogP contribution < -0.4 is 0 Å². The van der Waals surface area contributed by atoms with Crippen molar-refractivity contribution in [3.8, 4) is 0 Å². The number of nitrogens with zero attached hydrogens (tertiary/aromatic N) is 1. The van der Waals surface area contributed by atoms with Crippen molar-refractivity contribution in [2.75, 3.05) is 0 Å². The molecule has 2 aliphatic rings. The first-order valence-electron chi connectivity index (χ1n) is 6.47. The number of likely N-dealkylation sites (tertiary alicyclic amines) is 1. The maximum Gasteiger partial charge on any atom is 0.411 e. The molecule has 0 bridgehead atoms. The van der Waals surface area contributed by atoms with Crippen LogP contribution in [-0.2, 0) is 9.53 Å². The second-order valence-electron chi connectivity index (χ2n) is 6.31. The molecule has 0 unspecified atom stereocenters. The number of ether oxygens (including phenoxy) is 1. The summed E-state index contributed by atoms with van der Waals surface area (Å²) in [7, 11) is 0. The van der Waals surface area contributed by atoms with Crippen molar-refractivity contribution in [2.24, 2.45) is 5.92 Å². The third-order valence-electron chi connectivity index (χ3n) is 3.85. The minimum absolute atomic E-state index is 0.0656. The zero-order chi connectivity index (χ0) is 13.7. The Labute approximate surface area is 107 Å². The predicted molar refractivity (Wildman–Crippen MR) is 65.2 cm³/mol. The second-order valence-corrected chi connectivity index (χ2v) is 6.31. The van der Waals surface area contributed by atoms with E-state index in [-0.39, 0.29) is 6.04 Å². The van der Waals surface area contributed by atoms with Crippen molar-refractivity contribution in [1.82, 2.24) is 4.90 Å². The van der Waals surface area contributed by atoms with Crippen LogP contribution in [0.2, 0.25) is 0 Å². The highest BCUT2D eigenvalue weighted by molar-refractivity contribution is 5.86. The number of carbonyl (C=O) groups excluding carboxylic acids is 1. The molecule has 102 valence electrons. The lowest BCUT2D eigenvalue weighted by Gasteiger charge is -2.37. The van der Waals surface area contributed by atoms with Gasteiger partial charge in [0, 0.05) is 6.04 Å². The minimum atomic E-state index is -1.06. The summed E-state index contributed by atoms with van der Waals surface area (Å²) in [4.78, 5) is 25.2. The molecule has 18 heavy (non-hydrogen) atoms. The van der Waals surface area contributed by atoms with Crippen molar-refractivity contribution >= 4 is 12.1 Å². The van der Waals surface area contributed by atoms with Gasteiger partial charge in [-0.1, -0.05) is 6.92 Å². The number of amides is 1. The zero-order valence-corrected chi connectivity index (χ0v) is 11.4. The molecule has 1 saturated carbocycles. The zero-order valence-electron chi connectivity index (χ0n) is 11.4. The molecule has 5 heteroatoms. The van der Waals surface area contributed by atoms with E-state index >= 15 is 0 Å². The largest absolute Gasteiger partial charge is 0.479 e. The fourth-order valence-corrected chi connectivity index (χ4v) is 2.89. The first kappa shape index (κ1) is 13.2. The van der Waals surface area contributed by atoms with Crippen LogP contribution in [0.15, 0.2) is 0 Å². The third-order valence-corrected chi connectivity index (χ3v) is 3.85. The number of carbonyl (C=O) groups is 2. The van der Waals surface area contributed by atoms with E-state index in [0.717, 1.165) is 6.42 Å². The average molecular weight is 255 g/mol. The van der Waals surface area contributed by atoms with Gasteiger partial charge in [-0.15, -0.1) is 0 Å². The van der Waals surface area contributed by atoms with Crippen molar-refractivity contribution in [1.29, 1.82) is 0 Å². The molecule has 1 N–H and O–H groups in total. The summed E-state index contributed by atoms with van der Waals surface area (Å²) >= 11 is 0. The molecule has 0 radical (unpaired) electrons. The van der Waals surface area contributed by atoms with Gasteiger partial charge in [0.1, 0.15) is 11.1 Å². The highest BCUT2D eigenvalue weighted by Gasteiger charge is 2.65. The van der Waals surface area contributed by atoms with Gasteiger partial charge < -0.3 is 9.84 Å². The Morgan fingerprint density at radius 2 is 2.06 bits per heavy atom. The Hall–Kier alpha value is -1.26. The van der Waals surface area contributed by atoms with Gasteiger partial charge in [0.15, 0.2) is 0 Å². The number of carboxylic acid groups (broad SMARTS) is 1. The first-order valence-corrected chi connectivity index (χ1v) is 6.47. The summed E-state index contributed by atoms with van der Waals surface area (Å²) in [5.74, 6) is -0.573. The molecule has 1 saturated heterocycles. The molecule has 3 atom stereocenters. The summed E-state index contributed by atoms with van der Waals surface area (Å²) in [6, 6.07) is 0.0656. The number of aliphatic carboxylic acids is 1. The molecule has 2 rings (SSSR count). The number of hydrogen-bond acceptors (Lipinski definition) is 3. The molecule has 5 nitrogen and oxygen atoms in total. The van der Waals surface area contributed by atoms with Gasteiger partial charge in [0.2, 0.25) is 0 Å². The monoisotopic (exact) mass is 255 g/mol. The highest BCUT2D eigenvalue weighted by Crippen LogP contribution is 2.54. The van der Waals surface area contributed by atoms with Gasteiger partial charge in [0.25, 0.3) is 0 Å². The Balaban J connectivity index is 2.23. The molecule has 2 fully saturated rings. The van der Waals surface area contributed by atoms with E-state index in [2.05, 4.69) is 0 Å². The number of hydrogen-bond donors (Lipinski definition) is 1. The van der Waals surface area contributed by atoms with Crippen LogP contribution in [0.3, 0.4) is 0 Å². The van der Waals surface area contributed by atoms with Crippen molar-refractivity contribution < 1.29 is 19.4 Å². The Kier molecular flexibility index (Phi) is 2.83. The fourth-order valence-electron chi connectivity index (χ4n) is 2.89. The van der Waals surface area contributed by atoms with Gasteiger partial charge in [-0.3, -0.25) is 4.90 Å². The van der Waals surface area contributed by atoms with Crippen LogP contribution in [0.1, 0.15) is 47.0 Å². The fraction of sp³-hybridized carbons (Fsp3) is 0.846. The van der Waals surface area contributed by atoms with E-state index in [0.29, 0.717) is 18.8 Å². The summed E-state index contributed by atoms with van der Waals surface area (Å²) in [6.07, 6.45) is 1.41. The smallest absolute Gasteiger partial charge is 0.411 e. The second kappa shape index (κ2) is 3.87. The van der Waals surface area contributed by atoms with Crippen molar-refractivity contribution in [3.05, 3.63) is 0 Å². The van der Waals surface area contributed by atoms with E-state index in [1.54, 1.807) is 20.8 Å². The highest BCUT2D eigenvalue weighted by atomic mass is 16.6. The van der Waals surface area contributed by atoms with E-state index in [1.807, 2.05) is 6.92 Å². The first-order chi connectivity index (χ1) is 8.21. The predicted octanol–water partition coefficient (Wildman–Crippen LogP) is 2.25. The summed E-state index contributed by atoms with van der Waals surface area (Å²) in [5.41, 5.74) is -1.65. The minimum Gasteiger partial charge on any atom is -0.479 e. The standard InChI is InChI=1S/C13H21NO4/c1-5-13(10(15)16)7-8-6-9(8)14(13)11(17)18-12(2,3)4/h8-9H,5-7H2,1-4H3,(H,15,16)/t8-,9-,13-/m1/s1. The molecule has 1 aliphatic carbocycles. The molecule has 1 amide bonds. The van der Waals surface area contributed by atoms with Gasteiger partial charge in [-0.25, -0.2) is 9.59 Å². The lowest BCUT2D eigenvalue weighted by atomic mass is 9.91. The van der Waals surface area contributed by atoms with E-state index in [9.17, 15) is 14.7 Å². The van der Waals surface area contributed by atoms with Crippen LogP contribution in [0, 0.1) is 5.92 Å². The van der Waals surface area contributed by atoms with Gasteiger partial charge >= 0.3 is 12.1 Å². The van der Waals surface area contributed by atoms with E-state index < -0.39 is 23.2 Å². The number of carboxylic acids is 1. The lowest BCUT2D eigenvalue weighted by Crippen LogP contribution is -2.55. The Morgan fingerprint density at radius 1 is 1.44 bits per heavy atom. The third kappa shape index (κ3) is 1.95. The molecule has 0 aromatic carbocycles. The van der Waals surface area contributed by atoms with E-state index in [4.69, 9.17) is 4.74 Å². The number of rotatable bonds is 2. The maximum atomic E-state index is 12.2. The van der Waals surface area contributed by atoms with Crippen LogP contribution >= 0.6 is 0 Å². The van der Waals surface area contributed by atoms with Crippen molar-refractivity contribution in [2.45, 2.75) is 64.1 Å². The summed E-state index contributed by atoms with van der Waals surface area (Å²) < 4.78 is 5.35. The quantitative estimate of drug-likeness (QED) is 0.821. The van der Waals surface area contributed by atoms with Gasteiger partial charge in [-0.05, 0) is 46.0 Å². The molecular weight excluding hydrogens is 234 g/mol. The van der Waals surface area contributed by atoms with Crippen LogP contribution in [0.5, 0.6) is 0 Å². The molecule has 0 aromatic rings. The molecule has 1 aliphatic heterocycles.